The molecule has 2 rings (SSSR count). The van der Waals surface area contributed by atoms with E-state index in [0.29, 0.717) is 18.0 Å². The Hall–Kier alpha value is -1.35. The fourth-order valence-electron chi connectivity index (χ4n) is 2.75. The van der Waals surface area contributed by atoms with Crippen molar-refractivity contribution in [1.29, 1.82) is 0 Å². The highest BCUT2D eigenvalue weighted by atomic mass is 32.2. The lowest BCUT2D eigenvalue weighted by molar-refractivity contribution is 0.220. The van der Waals surface area contributed by atoms with Gasteiger partial charge in [0.15, 0.2) is 0 Å². The lowest BCUT2D eigenvalue weighted by Crippen LogP contribution is -2.44. The molecule has 1 heterocycles. The van der Waals surface area contributed by atoms with Crippen LogP contribution in [0.1, 0.15) is 32.3 Å². The summed E-state index contributed by atoms with van der Waals surface area (Å²) in [6.45, 7) is 4.45. The van der Waals surface area contributed by atoms with Crippen LogP contribution in [0.4, 0.5) is 0 Å². The van der Waals surface area contributed by atoms with Crippen molar-refractivity contribution in [3.63, 3.8) is 0 Å². The number of aliphatic hydroxyl groups excluding tert-OH is 1. The first-order chi connectivity index (χ1) is 9.95. The van der Waals surface area contributed by atoms with Crippen molar-refractivity contribution in [1.82, 2.24) is 4.31 Å². The molecule has 0 amide bonds. The second-order valence-electron chi connectivity index (χ2n) is 5.58. The minimum atomic E-state index is -3.48. The highest BCUT2D eigenvalue weighted by Gasteiger charge is 2.33. The van der Waals surface area contributed by atoms with E-state index in [-0.39, 0.29) is 17.5 Å². The molecule has 0 aromatic heterocycles. The third-order valence-electron chi connectivity index (χ3n) is 3.83. The lowest BCUT2D eigenvalue weighted by atomic mass is 9.95. The van der Waals surface area contributed by atoms with Gasteiger partial charge in [0.05, 0.1) is 4.90 Å². The van der Waals surface area contributed by atoms with E-state index in [1.807, 2.05) is 6.92 Å². The molecule has 1 aromatic carbocycles. The minimum absolute atomic E-state index is 0.0194. The number of piperidine rings is 1. The van der Waals surface area contributed by atoms with Gasteiger partial charge in [0, 0.05) is 18.2 Å². The van der Waals surface area contributed by atoms with Crippen LogP contribution in [0.5, 0.6) is 0 Å². The van der Waals surface area contributed by atoms with Crippen molar-refractivity contribution in [2.24, 2.45) is 5.92 Å². The first kappa shape index (κ1) is 16.0. The summed E-state index contributed by atoms with van der Waals surface area (Å²) in [5, 5.41) is 8.72. The molecule has 0 bridgehead atoms. The Balaban J connectivity index is 2.31. The summed E-state index contributed by atoms with van der Waals surface area (Å²) in [7, 11) is -3.48. The number of rotatable bonds is 2. The molecular weight excluding hydrogens is 286 g/mol. The first-order valence-corrected chi connectivity index (χ1v) is 8.61. The predicted molar refractivity (Wildman–Crippen MR) is 82.2 cm³/mol. The van der Waals surface area contributed by atoms with Gasteiger partial charge in [-0.15, -0.1) is 0 Å². The second kappa shape index (κ2) is 6.61. The van der Waals surface area contributed by atoms with Crippen LogP contribution in [0.15, 0.2) is 29.2 Å². The normalized spacial score (nSPS) is 23.4. The van der Waals surface area contributed by atoms with Crippen molar-refractivity contribution in [3.05, 3.63) is 29.8 Å². The maximum atomic E-state index is 12.8. The Morgan fingerprint density at radius 3 is 2.81 bits per heavy atom. The summed E-state index contributed by atoms with van der Waals surface area (Å²) in [6.07, 6.45) is 1.79. The van der Waals surface area contributed by atoms with Crippen molar-refractivity contribution in [2.75, 3.05) is 13.2 Å². The number of aliphatic hydroxyl groups is 1. The molecule has 2 unspecified atom stereocenters. The van der Waals surface area contributed by atoms with E-state index in [4.69, 9.17) is 5.11 Å². The van der Waals surface area contributed by atoms with Gasteiger partial charge < -0.3 is 5.11 Å². The van der Waals surface area contributed by atoms with Gasteiger partial charge in [-0.05, 0) is 43.9 Å². The highest BCUT2D eigenvalue weighted by Crippen LogP contribution is 2.28. The lowest BCUT2D eigenvalue weighted by Gasteiger charge is -2.35. The molecule has 0 radical (unpaired) electrons. The second-order valence-corrected chi connectivity index (χ2v) is 7.47. The Kier molecular flexibility index (Phi) is 5.04. The van der Waals surface area contributed by atoms with Crippen LogP contribution in [0.2, 0.25) is 0 Å². The minimum Gasteiger partial charge on any atom is -0.384 e. The zero-order valence-electron chi connectivity index (χ0n) is 12.4. The van der Waals surface area contributed by atoms with Crippen molar-refractivity contribution in [3.8, 4) is 11.8 Å². The molecule has 0 aliphatic carbocycles. The summed E-state index contributed by atoms with van der Waals surface area (Å²) in [4.78, 5) is 0.272. The molecule has 1 saturated heterocycles. The largest absolute Gasteiger partial charge is 0.384 e. The zero-order chi connectivity index (χ0) is 15.5. The molecule has 1 aliphatic rings. The number of hydrogen-bond donors (Lipinski definition) is 1. The average molecular weight is 307 g/mol. The average Bonchev–Trinajstić information content (AvgIpc) is 2.45. The molecule has 1 fully saturated rings. The number of benzene rings is 1. The fourth-order valence-corrected chi connectivity index (χ4v) is 4.46. The predicted octanol–water partition coefficient (Wildman–Crippen LogP) is 1.84. The smallest absolute Gasteiger partial charge is 0.243 e. The van der Waals surface area contributed by atoms with E-state index in [1.54, 1.807) is 28.6 Å². The Labute approximate surface area is 126 Å². The van der Waals surface area contributed by atoms with Gasteiger partial charge in [-0.25, -0.2) is 8.42 Å². The molecule has 0 saturated carbocycles. The van der Waals surface area contributed by atoms with Gasteiger partial charge in [-0.3, -0.25) is 0 Å². The van der Waals surface area contributed by atoms with E-state index >= 15 is 0 Å². The molecule has 1 aromatic rings. The van der Waals surface area contributed by atoms with Crippen molar-refractivity contribution in [2.45, 2.75) is 37.6 Å². The van der Waals surface area contributed by atoms with Crippen LogP contribution >= 0.6 is 0 Å². The third-order valence-corrected chi connectivity index (χ3v) is 5.84. The van der Waals surface area contributed by atoms with Crippen LogP contribution in [-0.2, 0) is 10.0 Å². The van der Waals surface area contributed by atoms with Gasteiger partial charge in [0.1, 0.15) is 6.61 Å². The van der Waals surface area contributed by atoms with Gasteiger partial charge in [0.2, 0.25) is 10.0 Å². The van der Waals surface area contributed by atoms with Crippen LogP contribution in [-0.4, -0.2) is 37.0 Å². The van der Waals surface area contributed by atoms with E-state index in [0.717, 1.165) is 12.8 Å². The van der Waals surface area contributed by atoms with Crippen LogP contribution in [0.25, 0.3) is 0 Å². The van der Waals surface area contributed by atoms with Crippen molar-refractivity contribution < 1.29 is 13.5 Å². The van der Waals surface area contributed by atoms with Crippen molar-refractivity contribution >= 4 is 10.0 Å². The van der Waals surface area contributed by atoms with Crippen LogP contribution < -0.4 is 0 Å². The van der Waals surface area contributed by atoms with Crippen LogP contribution in [0, 0.1) is 17.8 Å². The summed E-state index contributed by atoms with van der Waals surface area (Å²) in [5.74, 6) is 5.84. The monoisotopic (exact) mass is 307 g/mol. The zero-order valence-corrected chi connectivity index (χ0v) is 13.2. The first-order valence-electron chi connectivity index (χ1n) is 7.17. The third kappa shape index (κ3) is 3.65. The number of sulfonamides is 1. The van der Waals surface area contributed by atoms with E-state index in [1.165, 1.54) is 0 Å². The molecule has 0 spiro atoms. The molecule has 1 aliphatic heterocycles. The maximum Gasteiger partial charge on any atom is 0.243 e. The van der Waals surface area contributed by atoms with Gasteiger partial charge in [-0.1, -0.05) is 24.8 Å². The van der Waals surface area contributed by atoms with Gasteiger partial charge in [-0.2, -0.15) is 4.31 Å². The summed E-state index contributed by atoms with van der Waals surface area (Å²) in [6, 6.07) is 6.62. The SMILES string of the molecule is CC1CCN(S(=O)(=O)c2cccc(C#CCO)c2)C(C)C1. The maximum absolute atomic E-state index is 12.8. The molecule has 21 heavy (non-hydrogen) atoms. The topological polar surface area (TPSA) is 57.6 Å². The standard InChI is InChI=1S/C16H21NO3S/c1-13-8-9-17(14(2)11-13)21(19,20)16-7-3-5-15(12-16)6-4-10-18/h3,5,7,12-14,18H,8-11H2,1-2H3. The molecule has 5 heteroatoms. The Bertz CT molecular complexity index is 658. The highest BCUT2D eigenvalue weighted by molar-refractivity contribution is 7.89. The van der Waals surface area contributed by atoms with E-state index in [2.05, 4.69) is 18.8 Å². The summed E-state index contributed by atoms with van der Waals surface area (Å²) in [5.41, 5.74) is 0.600. The van der Waals surface area contributed by atoms with E-state index < -0.39 is 10.0 Å². The number of nitrogens with zero attached hydrogens (tertiary/aromatic N) is 1. The molecule has 114 valence electrons. The van der Waals surface area contributed by atoms with Gasteiger partial charge in [0.25, 0.3) is 0 Å². The molecule has 4 nitrogen and oxygen atoms in total. The summed E-state index contributed by atoms with van der Waals surface area (Å²) < 4.78 is 27.1. The fraction of sp³-hybridized carbons (Fsp3) is 0.500. The molecule has 2 atom stereocenters. The van der Waals surface area contributed by atoms with E-state index in [9.17, 15) is 8.42 Å². The Morgan fingerprint density at radius 1 is 1.38 bits per heavy atom. The van der Waals surface area contributed by atoms with Gasteiger partial charge >= 0.3 is 0 Å². The molecular formula is C16H21NO3S. The van der Waals surface area contributed by atoms with Crippen LogP contribution in [0.3, 0.4) is 0 Å². The number of hydrogen-bond acceptors (Lipinski definition) is 3. The molecule has 1 N–H and O–H groups in total. The quantitative estimate of drug-likeness (QED) is 0.848. The Morgan fingerprint density at radius 2 is 2.14 bits per heavy atom. The summed E-state index contributed by atoms with van der Waals surface area (Å²) >= 11 is 0.